The molecular formula is C16H28BNO2. The Bertz CT molecular complexity index is 383. The third-order valence-corrected chi connectivity index (χ3v) is 5.63. The van der Waals surface area contributed by atoms with Crippen LogP contribution in [0.15, 0.2) is 11.5 Å². The summed E-state index contributed by atoms with van der Waals surface area (Å²) in [6.45, 7) is 11.1. The van der Waals surface area contributed by atoms with Gasteiger partial charge < -0.3 is 14.2 Å². The maximum atomic E-state index is 6.16. The van der Waals surface area contributed by atoms with Crippen molar-refractivity contribution < 1.29 is 9.31 Å². The average Bonchev–Trinajstić information content (AvgIpc) is 2.97. The third kappa shape index (κ3) is 2.58. The fourth-order valence-corrected chi connectivity index (χ4v) is 3.49. The predicted molar refractivity (Wildman–Crippen MR) is 82.6 cm³/mol. The zero-order valence-corrected chi connectivity index (χ0v) is 13.4. The van der Waals surface area contributed by atoms with Gasteiger partial charge in [0, 0.05) is 6.04 Å². The molecule has 0 saturated carbocycles. The Balaban J connectivity index is 1.62. The maximum absolute atomic E-state index is 6.16. The molecule has 112 valence electrons. The number of allylic oxidation sites excluding steroid dienone is 1. The number of nitrogens with zero attached hydrogens (tertiary/aromatic N) is 1. The second-order valence-corrected chi connectivity index (χ2v) is 7.54. The molecule has 0 unspecified atom stereocenters. The Labute approximate surface area is 123 Å². The van der Waals surface area contributed by atoms with Crippen LogP contribution in [0.4, 0.5) is 0 Å². The molecule has 0 spiro atoms. The predicted octanol–water partition coefficient (Wildman–Crippen LogP) is 3.19. The second-order valence-electron chi connectivity index (χ2n) is 7.54. The van der Waals surface area contributed by atoms with E-state index in [1.807, 2.05) is 0 Å². The normalized spacial score (nSPS) is 33.5. The van der Waals surface area contributed by atoms with Crippen LogP contribution in [0.2, 0.25) is 0 Å². The van der Waals surface area contributed by atoms with Crippen LogP contribution in [0.25, 0.3) is 0 Å². The number of hydrogen-bond donors (Lipinski definition) is 0. The molecular weight excluding hydrogens is 249 g/mol. The van der Waals surface area contributed by atoms with Crippen molar-refractivity contribution in [2.24, 2.45) is 0 Å². The molecule has 0 aromatic heterocycles. The molecule has 2 heterocycles. The first-order valence-electron chi connectivity index (χ1n) is 8.18. The lowest BCUT2D eigenvalue weighted by Gasteiger charge is -2.32. The highest BCUT2D eigenvalue weighted by atomic mass is 16.7. The summed E-state index contributed by atoms with van der Waals surface area (Å²) >= 11 is 0. The summed E-state index contributed by atoms with van der Waals surface area (Å²) < 4.78 is 12.3. The van der Waals surface area contributed by atoms with E-state index in [4.69, 9.17) is 9.31 Å². The van der Waals surface area contributed by atoms with Crippen molar-refractivity contribution in [3.05, 3.63) is 11.5 Å². The Morgan fingerprint density at radius 2 is 1.70 bits per heavy atom. The largest absolute Gasteiger partial charge is 0.490 e. The van der Waals surface area contributed by atoms with Gasteiger partial charge in [-0.15, -0.1) is 0 Å². The average molecular weight is 277 g/mol. The van der Waals surface area contributed by atoms with Crippen molar-refractivity contribution in [2.45, 2.75) is 77.0 Å². The lowest BCUT2D eigenvalue weighted by atomic mass is 9.71. The van der Waals surface area contributed by atoms with Crippen molar-refractivity contribution in [1.29, 1.82) is 0 Å². The Morgan fingerprint density at radius 3 is 2.20 bits per heavy atom. The monoisotopic (exact) mass is 277 g/mol. The van der Waals surface area contributed by atoms with E-state index in [1.54, 1.807) is 0 Å². The Kier molecular flexibility index (Phi) is 3.76. The molecule has 2 fully saturated rings. The lowest BCUT2D eigenvalue weighted by Crippen LogP contribution is -2.41. The summed E-state index contributed by atoms with van der Waals surface area (Å²) in [5.41, 5.74) is 0.924. The second kappa shape index (κ2) is 5.15. The van der Waals surface area contributed by atoms with Gasteiger partial charge in [-0.2, -0.15) is 0 Å². The zero-order chi connectivity index (χ0) is 14.4. The van der Waals surface area contributed by atoms with Crippen molar-refractivity contribution in [1.82, 2.24) is 4.90 Å². The lowest BCUT2D eigenvalue weighted by molar-refractivity contribution is 0.00578. The minimum absolute atomic E-state index is 0.125. The Hall–Kier alpha value is -0.315. The Morgan fingerprint density at radius 1 is 1.10 bits per heavy atom. The van der Waals surface area contributed by atoms with Crippen LogP contribution in [0, 0.1) is 0 Å². The quantitative estimate of drug-likeness (QED) is 0.723. The van der Waals surface area contributed by atoms with Gasteiger partial charge in [0.05, 0.1) is 11.2 Å². The number of rotatable bonds is 2. The van der Waals surface area contributed by atoms with Crippen molar-refractivity contribution in [3.8, 4) is 0 Å². The standard InChI is InChI=1S/C16H28BNO2/c1-15(2)16(3,4)20-17(19-15)13-7-9-14(10-8-13)18-11-5-6-12-18/h7,14H,5-6,8-12H2,1-4H3/t14-/m1/s1. The fourth-order valence-electron chi connectivity index (χ4n) is 3.49. The summed E-state index contributed by atoms with van der Waals surface area (Å²) in [4.78, 5) is 2.66. The van der Waals surface area contributed by atoms with Gasteiger partial charge in [0.15, 0.2) is 0 Å². The number of likely N-dealkylation sites (tertiary alicyclic amines) is 1. The highest BCUT2D eigenvalue weighted by Crippen LogP contribution is 2.40. The topological polar surface area (TPSA) is 21.7 Å². The van der Waals surface area contributed by atoms with Crippen LogP contribution < -0.4 is 0 Å². The van der Waals surface area contributed by atoms with E-state index in [-0.39, 0.29) is 18.3 Å². The SMILES string of the molecule is CC1(C)OB(C2=CC[C@@H](N3CCCC3)CC2)OC1(C)C. The molecule has 0 aromatic rings. The van der Waals surface area contributed by atoms with Gasteiger partial charge in [0.1, 0.15) is 0 Å². The summed E-state index contributed by atoms with van der Waals surface area (Å²) in [7, 11) is -0.125. The molecule has 3 aliphatic rings. The van der Waals surface area contributed by atoms with Crippen molar-refractivity contribution in [3.63, 3.8) is 0 Å². The van der Waals surface area contributed by atoms with Gasteiger partial charge in [-0.25, -0.2) is 0 Å². The summed E-state index contributed by atoms with van der Waals surface area (Å²) in [5.74, 6) is 0. The minimum Gasteiger partial charge on any atom is -0.400 e. The van der Waals surface area contributed by atoms with E-state index in [9.17, 15) is 0 Å². The van der Waals surface area contributed by atoms with Gasteiger partial charge in [-0.1, -0.05) is 6.08 Å². The molecule has 2 saturated heterocycles. The summed E-state index contributed by atoms with van der Waals surface area (Å²) in [6.07, 6.45) is 8.69. The van der Waals surface area contributed by atoms with Crippen molar-refractivity contribution in [2.75, 3.05) is 13.1 Å². The molecule has 3 rings (SSSR count). The van der Waals surface area contributed by atoms with Gasteiger partial charge in [-0.3, -0.25) is 0 Å². The summed E-state index contributed by atoms with van der Waals surface area (Å²) in [6, 6.07) is 0.753. The van der Waals surface area contributed by atoms with Gasteiger partial charge in [0.25, 0.3) is 0 Å². The van der Waals surface area contributed by atoms with Gasteiger partial charge in [0.2, 0.25) is 0 Å². The molecule has 20 heavy (non-hydrogen) atoms. The first kappa shape index (κ1) is 14.6. The highest BCUT2D eigenvalue weighted by molar-refractivity contribution is 6.54. The van der Waals surface area contributed by atoms with E-state index in [0.717, 1.165) is 12.5 Å². The fraction of sp³-hybridized carbons (Fsp3) is 0.875. The van der Waals surface area contributed by atoms with Crippen LogP contribution >= 0.6 is 0 Å². The van der Waals surface area contributed by atoms with Crippen LogP contribution in [-0.2, 0) is 9.31 Å². The molecule has 1 atom stereocenters. The molecule has 0 N–H and O–H groups in total. The molecule has 0 aromatic carbocycles. The summed E-state index contributed by atoms with van der Waals surface area (Å²) in [5, 5.41) is 0. The van der Waals surface area contributed by atoms with Crippen LogP contribution in [0.3, 0.4) is 0 Å². The van der Waals surface area contributed by atoms with Gasteiger partial charge in [-0.05, 0) is 78.4 Å². The van der Waals surface area contributed by atoms with Crippen LogP contribution in [-0.4, -0.2) is 42.4 Å². The third-order valence-electron chi connectivity index (χ3n) is 5.63. The molecule has 4 heteroatoms. The van der Waals surface area contributed by atoms with E-state index >= 15 is 0 Å². The molecule has 0 amide bonds. The molecule has 2 aliphatic heterocycles. The van der Waals surface area contributed by atoms with Gasteiger partial charge >= 0.3 is 7.12 Å². The minimum atomic E-state index is -0.218. The molecule has 1 aliphatic carbocycles. The van der Waals surface area contributed by atoms with Crippen LogP contribution in [0.5, 0.6) is 0 Å². The molecule has 0 radical (unpaired) electrons. The van der Waals surface area contributed by atoms with Crippen molar-refractivity contribution >= 4 is 7.12 Å². The molecule has 0 bridgehead atoms. The van der Waals surface area contributed by atoms with Crippen LogP contribution in [0.1, 0.15) is 59.8 Å². The smallest absolute Gasteiger partial charge is 0.400 e. The molecule has 3 nitrogen and oxygen atoms in total. The zero-order valence-electron chi connectivity index (χ0n) is 13.4. The number of hydrogen-bond acceptors (Lipinski definition) is 3. The highest BCUT2D eigenvalue weighted by Gasteiger charge is 2.52. The van der Waals surface area contributed by atoms with E-state index in [2.05, 4.69) is 38.7 Å². The first-order chi connectivity index (χ1) is 9.39. The maximum Gasteiger partial charge on any atom is 0.490 e. The first-order valence-corrected chi connectivity index (χ1v) is 8.18. The van der Waals surface area contributed by atoms with E-state index < -0.39 is 0 Å². The van der Waals surface area contributed by atoms with E-state index in [0.29, 0.717) is 0 Å². The van der Waals surface area contributed by atoms with E-state index in [1.165, 1.54) is 44.2 Å².